The lowest BCUT2D eigenvalue weighted by molar-refractivity contribution is -0.418. The largest absolute Gasteiger partial charge is 0.255 e. The third-order valence-electron chi connectivity index (χ3n) is 5.15. The van der Waals surface area contributed by atoms with Gasteiger partial charge in [0.1, 0.15) is 12.2 Å². The van der Waals surface area contributed by atoms with E-state index in [-0.39, 0.29) is 0 Å². The van der Waals surface area contributed by atoms with Gasteiger partial charge in [-0.05, 0) is 35.6 Å². The summed E-state index contributed by atoms with van der Waals surface area (Å²) in [6.45, 7) is 22.9. The summed E-state index contributed by atoms with van der Waals surface area (Å²) in [6, 6.07) is 7.91. The molecule has 0 bridgehead atoms. The highest BCUT2D eigenvalue weighted by atomic mass is 28.3. The van der Waals surface area contributed by atoms with Crippen molar-refractivity contribution < 1.29 is 4.58 Å². The van der Waals surface area contributed by atoms with E-state index in [1.807, 2.05) is 0 Å². The Morgan fingerprint density at radius 3 is 2.21 bits per heavy atom. The zero-order chi connectivity index (χ0) is 18.2. The number of rotatable bonds is 4. The minimum absolute atomic E-state index is 0.553. The monoisotopic (exact) mass is 339 g/mol. The fraction of sp³-hybridized carbons (Fsp3) is 0.455. The van der Waals surface area contributed by atoms with Crippen molar-refractivity contribution in [3.8, 4) is 0 Å². The van der Waals surface area contributed by atoms with Gasteiger partial charge in [0.15, 0.2) is 0 Å². The summed E-state index contributed by atoms with van der Waals surface area (Å²) in [5.41, 5.74) is 5.42. The lowest BCUT2D eigenvalue weighted by Crippen LogP contribution is -2.33. The summed E-state index contributed by atoms with van der Waals surface area (Å²) in [5.74, 6) is 1.19. The number of aryl methyl sites for hydroxylation is 2. The Morgan fingerprint density at radius 1 is 1.08 bits per heavy atom. The molecule has 130 valence electrons. The normalized spacial score (nSPS) is 17.0. The molecule has 0 fully saturated rings. The van der Waals surface area contributed by atoms with Crippen LogP contribution in [0.4, 0.5) is 0 Å². The van der Waals surface area contributed by atoms with Crippen molar-refractivity contribution in [2.24, 2.45) is 11.8 Å². The summed E-state index contributed by atoms with van der Waals surface area (Å²) in [5, 5.41) is 1.53. The first kappa shape index (κ1) is 18.8. The van der Waals surface area contributed by atoms with Gasteiger partial charge in [-0.2, -0.15) is 0 Å². The summed E-state index contributed by atoms with van der Waals surface area (Å²) < 4.78 is 2.09. The first-order valence-electron chi connectivity index (χ1n) is 9.01. The smallest absolute Gasteiger partial charge is 0.147 e. The molecule has 0 spiro atoms. The predicted octanol–water partition coefficient (Wildman–Crippen LogP) is 5.89. The molecule has 1 aromatic carbocycles. The molecule has 0 aliphatic carbocycles. The van der Waals surface area contributed by atoms with Crippen LogP contribution in [-0.4, -0.2) is 19.4 Å². The van der Waals surface area contributed by atoms with Gasteiger partial charge in [0.05, 0.1) is 14.8 Å². The van der Waals surface area contributed by atoms with Crippen LogP contribution in [0.25, 0.3) is 0 Å². The van der Waals surface area contributed by atoms with Crippen LogP contribution in [0.2, 0.25) is 19.6 Å². The Hall–Kier alpha value is -1.54. The average molecular weight is 340 g/mol. The molecular weight excluding hydrogens is 306 g/mol. The average Bonchev–Trinajstić information content (AvgIpc) is 2.46. The summed E-state index contributed by atoms with van der Waals surface area (Å²) >= 11 is 0. The van der Waals surface area contributed by atoms with Gasteiger partial charge in [0.25, 0.3) is 0 Å². The van der Waals surface area contributed by atoms with Crippen LogP contribution in [0.3, 0.4) is 0 Å². The first-order chi connectivity index (χ1) is 11.0. The maximum atomic E-state index is 4.32. The molecular formula is C22H33NSi. The van der Waals surface area contributed by atoms with Crippen LogP contribution in [0.5, 0.6) is 0 Å². The van der Waals surface area contributed by atoms with Gasteiger partial charge in [0, 0.05) is 0 Å². The fourth-order valence-electron chi connectivity index (χ4n) is 3.30. The Balaban J connectivity index is 2.56. The van der Waals surface area contributed by atoms with Crippen LogP contribution in [0.15, 0.2) is 41.2 Å². The molecule has 0 saturated carbocycles. The predicted molar refractivity (Wildman–Crippen MR) is 109 cm³/mol. The van der Waals surface area contributed by atoms with Crippen LogP contribution < -0.4 is 0 Å². The molecule has 0 N–H and O–H groups in total. The highest BCUT2D eigenvalue weighted by molar-refractivity contribution is 6.84. The Bertz CT molecular complexity index is 701. The second kappa shape index (κ2) is 6.76. The molecule has 0 radical (unpaired) electrons. The van der Waals surface area contributed by atoms with Crippen LogP contribution >= 0.6 is 0 Å². The quantitative estimate of drug-likeness (QED) is 0.365. The van der Waals surface area contributed by atoms with Crippen LogP contribution in [0.1, 0.15) is 37.5 Å². The number of hydrogen-bond acceptors (Lipinski definition) is 0. The summed E-state index contributed by atoms with van der Waals surface area (Å²) in [7, 11) is -1.43. The van der Waals surface area contributed by atoms with Crippen LogP contribution in [0, 0.1) is 31.7 Å². The molecule has 1 atom stereocenters. The van der Waals surface area contributed by atoms with Crippen molar-refractivity contribution in [1.82, 2.24) is 0 Å². The number of hydrogen-bond donors (Lipinski definition) is 0. The second-order valence-corrected chi connectivity index (χ2v) is 13.6. The van der Waals surface area contributed by atoms with E-state index in [1.54, 1.807) is 0 Å². The zero-order valence-corrected chi connectivity index (χ0v) is 17.7. The highest BCUT2D eigenvalue weighted by Gasteiger charge is 2.32. The molecule has 1 aromatic rings. The molecule has 0 aromatic heterocycles. The van der Waals surface area contributed by atoms with Gasteiger partial charge in [-0.1, -0.05) is 76.2 Å². The van der Waals surface area contributed by atoms with Gasteiger partial charge >= 0.3 is 0 Å². The fourth-order valence-corrected chi connectivity index (χ4v) is 5.01. The third kappa shape index (κ3) is 3.75. The van der Waals surface area contributed by atoms with E-state index in [0.717, 1.165) is 0 Å². The van der Waals surface area contributed by atoms with Crippen molar-refractivity contribution in [2.45, 2.75) is 54.3 Å². The number of nitrogens with zero attached hydrogens (tertiary/aromatic N) is 1. The SMILES string of the molecule is C=[N+]1C=C([Si](C)(C)C)C(C(C)C(C)C)=C[C-]1c1ccc(C)cc1C. The Morgan fingerprint density at radius 2 is 1.71 bits per heavy atom. The first-order valence-corrected chi connectivity index (χ1v) is 12.5. The Labute approximate surface area is 149 Å². The molecule has 0 saturated heterocycles. The summed E-state index contributed by atoms with van der Waals surface area (Å²) in [4.78, 5) is 0. The van der Waals surface area contributed by atoms with Gasteiger partial charge < -0.3 is 0 Å². The number of allylic oxidation sites excluding steroid dienone is 2. The minimum Gasteiger partial charge on any atom is -0.255 e. The minimum atomic E-state index is -1.43. The van der Waals surface area contributed by atoms with Crippen molar-refractivity contribution in [2.75, 3.05) is 0 Å². The molecule has 2 rings (SSSR count). The maximum Gasteiger partial charge on any atom is 0.147 e. The molecule has 1 aliphatic heterocycles. The van der Waals surface area contributed by atoms with E-state index in [1.165, 1.54) is 33.5 Å². The van der Waals surface area contributed by atoms with Gasteiger partial charge in [-0.25, -0.2) is 0 Å². The zero-order valence-electron chi connectivity index (χ0n) is 16.7. The van der Waals surface area contributed by atoms with E-state index in [9.17, 15) is 0 Å². The molecule has 2 heteroatoms. The molecule has 1 unspecified atom stereocenters. The van der Waals surface area contributed by atoms with E-state index in [4.69, 9.17) is 0 Å². The van der Waals surface area contributed by atoms with E-state index in [2.05, 4.69) is 96.0 Å². The molecule has 1 aliphatic rings. The molecule has 1 nitrogen and oxygen atoms in total. The molecule has 24 heavy (non-hydrogen) atoms. The van der Waals surface area contributed by atoms with Crippen molar-refractivity contribution in [1.29, 1.82) is 0 Å². The second-order valence-electron chi connectivity index (χ2n) is 8.60. The highest BCUT2D eigenvalue weighted by Crippen LogP contribution is 2.38. The summed E-state index contributed by atoms with van der Waals surface area (Å²) in [6.07, 6.45) is 4.71. The van der Waals surface area contributed by atoms with Crippen LogP contribution in [-0.2, 0) is 0 Å². The van der Waals surface area contributed by atoms with Crippen molar-refractivity contribution >= 4 is 14.8 Å². The van der Waals surface area contributed by atoms with E-state index in [0.29, 0.717) is 11.8 Å². The van der Waals surface area contributed by atoms with Gasteiger partial charge in [-0.15, -0.1) is 6.07 Å². The van der Waals surface area contributed by atoms with Crippen molar-refractivity contribution in [3.63, 3.8) is 0 Å². The van der Waals surface area contributed by atoms with Crippen molar-refractivity contribution in [3.05, 3.63) is 64.0 Å². The molecule has 1 heterocycles. The topological polar surface area (TPSA) is 3.01 Å². The maximum absolute atomic E-state index is 4.32. The van der Waals surface area contributed by atoms with Gasteiger partial charge in [-0.3, -0.25) is 4.58 Å². The number of benzene rings is 1. The van der Waals surface area contributed by atoms with E-state index >= 15 is 0 Å². The molecule has 0 amide bonds. The van der Waals surface area contributed by atoms with Gasteiger partial charge in [0.2, 0.25) is 0 Å². The lowest BCUT2D eigenvalue weighted by atomic mass is 9.85. The lowest BCUT2D eigenvalue weighted by Gasteiger charge is -2.35. The standard InChI is InChI=1S/C22H33NSi/c1-15(2)18(5)20-13-21(19-11-10-16(3)12-17(19)4)23(6)14-22(20)24(7,8)9/h10-15,18H,6H2,1-5,7-9H3. The third-order valence-corrected chi connectivity index (χ3v) is 7.19. The van der Waals surface area contributed by atoms with E-state index < -0.39 is 8.07 Å². The Kier molecular flexibility index (Phi) is 5.29.